The standard InChI is InChI=1S/C30H41N3O3/c1-31(2)30(25-9-6-5-7-10-25)19-17-28(18-20-30)22-32(21-24-11-13-26(35-3)14-12-24)27(34)33(28)23-29(36-4)15-8-16-29/h5-7,9-14H,8,15-23H2,1-4H3. The van der Waals surface area contributed by atoms with Crippen molar-refractivity contribution in [2.24, 2.45) is 0 Å². The maximum atomic E-state index is 14.0. The van der Waals surface area contributed by atoms with Crippen LogP contribution in [0, 0.1) is 0 Å². The van der Waals surface area contributed by atoms with E-state index in [1.165, 1.54) is 12.0 Å². The van der Waals surface area contributed by atoms with Gasteiger partial charge < -0.3 is 19.3 Å². The van der Waals surface area contributed by atoms with Crippen LogP contribution in [0.1, 0.15) is 56.1 Å². The van der Waals surface area contributed by atoms with Gasteiger partial charge >= 0.3 is 6.03 Å². The fourth-order valence-corrected chi connectivity index (χ4v) is 6.78. The van der Waals surface area contributed by atoms with E-state index in [0.717, 1.165) is 56.4 Å². The molecule has 6 heteroatoms. The number of methoxy groups -OCH3 is 2. The van der Waals surface area contributed by atoms with Gasteiger partial charge in [0, 0.05) is 25.7 Å². The highest BCUT2D eigenvalue weighted by Gasteiger charge is 2.56. The topological polar surface area (TPSA) is 45.2 Å². The van der Waals surface area contributed by atoms with E-state index in [4.69, 9.17) is 9.47 Å². The van der Waals surface area contributed by atoms with Crippen LogP contribution in [-0.4, -0.2) is 73.3 Å². The van der Waals surface area contributed by atoms with Crippen LogP contribution in [0.4, 0.5) is 4.79 Å². The molecule has 0 radical (unpaired) electrons. The summed E-state index contributed by atoms with van der Waals surface area (Å²) in [5.74, 6) is 0.838. The molecule has 2 aromatic rings. The Morgan fingerprint density at radius 3 is 2.08 bits per heavy atom. The molecule has 3 aliphatic rings. The molecule has 3 fully saturated rings. The van der Waals surface area contributed by atoms with Crippen LogP contribution in [0.5, 0.6) is 5.75 Å². The molecular formula is C30H41N3O3. The van der Waals surface area contributed by atoms with Crippen LogP contribution in [0.3, 0.4) is 0 Å². The van der Waals surface area contributed by atoms with Crippen molar-refractivity contribution >= 4 is 6.03 Å². The van der Waals surface area contributed by atoms with E-state index in [9.17, 15) is 4.79 Å². The van der Waals surface area contributed by atoms with Gasteiger partial charge in [0.25, 0.3) is 0 Å². The van der Waals surface area contributed by atoms with Crippen molar-refractivity contribution in [3.8, 4) is 5.75 Å². The Bertz CT molecular complexity index is 1040. The molecule has 194 valence electrons. The summed E-state index contributed by atoms with van der Waals surface area (Å²) in [5, 5.41) is 0. The van der Waals surface area contributed by atoms with E-state index < -0.39 is 0 Å². The van der Waals surface area contributed by atoms with Gasteiger partial charge in [0.15, 0.2) is 0 Å². The molecule has 36 heavy (non-hydrogen) atoms. The van der Waals surface area contributed by atoms with Crippen LogP contribution in [0.25, 0.3) is 0 Å². The van der Waals surface area contributed by atoms with Crippen LogP contribution in [0.15, 0.2) is 54.6 Å². The third-order valence-electron chi connectivity index (χ3n) is 9.41. The Morgan fingerprint density at radius 1 is 0.889 bits per heavy atom. The van der Waals surface area contributed by atoms with Crippen molar-refractivity contribution in [1.29, 1.82) is 0 Å². The second-order valence-corrected chi connectivity index (χ2v) is 11.3. The van der Waals surface area contributed by atoms with Gasteiger partial charge in [-0.3, -0.25) is 4.90 Å². The predicted octanol–water partition coefficient (Wildman–Crippen LogP) is 5.27. The maximum absolute atomic E-state index is 14.0. The fourth-order valence-electron chi connectivity index (χ4n) is 6.78. The molecule has 0 aromatic heterocycles. The number of hydrogen-bond acceptors (Lipinski definition) is 4. The number of hydrogen-bond donors (Lipinski definition) is 0. The third kappa shape index (κ3) is 4.28. The molecule has 1 saturated heterocycles. The van der Waals surface area contributed by atoms with Crippen LogP contribution >= 0.6 is 0 Å². The van der Waals surface area contributed by atoms with Gasteiger partial charge in [-0.1, -0.05) is 42.5 Å². The van der Waals surface area contributed by atoms with Crippen molar-refractivity contribution in [2.75, 3.05) is 41.4 Å². The van der Waals surface area contributed by atoms with E-state index in [-0.39, 0.29) is 22.7 Å². The Morgan fingerprint density at radius 2 is 1.56 bits per heavy atom. The first-order valence-corrected chi connectivity index (χ1v) is 13.3. The highest BCUT2D eigenvalue weighted by molar-refractivity contribution is 5.78. The summed E-state index contributed by atoms with van der Waals surface area (Å²) in [5.41, 5.74) is 2.17. The van der Waals surface area contributed by atoms with Gasteiger partial charge in [-0.15, -0.1) is 0 Å². The number of urea groups is 1. The first-order chi connectivity index (χ1) is 17.4. The molecule has 6 nitrogen and oxygen atoms in total. The molecule has 0 N–H and O–H groups in total. The molecule has 1 spiro atoms. The molecule has 2 aromatic carbocycles. The summed E-state index contributed by atoms with van der Waals surface area (Å²) in [6, 6.07) is 19.2. The van der Waals surface area contributed by atoms with Gasteiger partial charge in [0.2, 0.25) is 0 Å². The average Bonchev–Trinajstić information content (AvgIpc) is 3.12. The Balaban J connectivity index is 1.42. The van der Waals surface area contributed by atoms with Crippen molar-refractivity contribution < 1.29 is 14.3 Å². The lowest BCUT2D eigenvalue weighted by atomic mass is 9.67. The summed E-state index contributed by atoms with van der Waals surface area (Å²) < 4.78 is 11.3. The zero-order chi connectivity index (χ0) is 25.4. The second kappa shape index (κ2) is 9.71. The van der Waals surface area contributed by atoms with E-state index in [1.807, 2.05) is 19.2 Å². The minimum absolute atomic E-state index is 0.0000439. The number of nitrogens with zero attached hydrogens (tertiary/aromatic N) is 3. The highest BCUT2D eigenvalue weighted by atomic mass is 16.5. The lowest BCUT2D eigenvalue weighted by molar-refractivity contribution is -0.0996. The Kier molecular flexibility index (Phi) is 6.77. The molecular weight excluding hydrogens is 450 g/mol. The molecule has 1 heterocycles. The first kappa shape index (κ1) is 25.1. The SMILES string of the molecule is COc1ccc(CN2CC3(CCC(c4ccccc4)(N(C)C)CC3)N(CC3(OC)CCC3)C2=O)cc1. The molecule has 5 rings (SSSR count). The van der Waals surface area contributed by atoms with E-state index in [2.05, 4.69) is 71.3 Å². The quantitative estimate of drug-likeness (QED) is 0.505. The van der Waals surface area contributed by atoms with Gasteiger partial charge in [0.1, 0.15) is 5.75 Å². The third-order valence-corrected chi connectivity index (χ3v) is 9.41. The van der Waals surface area contributed by atoms with E-state index in [1.54, 1.807) is 7.11 Å². The molecule has 2 aliphatic carbocycles. The summed E-state index contributed by atoms with van der Waals surface area (Å²) in [6.45, 7) is 2.09. The van der Waals surface area contributed by atoms with E-state index in [0.29, 0.717) is 13.1 Å². The molecule has 2 amide bonds. The smallest absolute Gasteiger partial charge is 0.321 e. The fraction of sp³-hybridized carbons (Fsp3) is 0.567. The Labute approximate surface area is 216 Å². The van der Waals surface area contributed by atoms with Crippen molar-refractivity contribution in [2.45, 2.75) is 68.2 Å². The van der Waals surface area contributed by atoms with Crippen molar-refractivity contribution in [3.63, 3.8) is 0 Å². The lowest BCUT2D eigenvalue weighted by Gasteiger charge is -2.53. The summed E-state index contributed by atoms with van der Waals surface area (Å²) in [6.07, 6.45) is 7.29. The van der Waals surface area contributed by atoms with Gasteiger partial charge in [0.05, 0.1) is 24.8 Å². The molecule has 2 saturated carbocycles. The monoisotopic (exact) mass is 491 g/mol. The van der Waals surface area contributed by atoms with Crippen molar-refractivity contribution in [3.05, 3.63) is 65.7 Å². The second-order valence-electron chi connectivity index (χ2n) is 11.3. The number of benzene rings is 2. The molecule has 0 unspecified atom stereocenters. The summed E-state index contributed by atoms with van der Waals surface area (Å²) in [4.78, 5) is 20.6. The molecule has 0 atom stereocenters. The predicted molar refractivity (Wildman–Crippen MR) is 142 cm³/mol. The first-order valence-electron chi connectivity index (χ1n) is 13.3. The largest absolute Gasteiger partial charge is 0.497 e. The van der Waals surface area contributed by atoms with Crippen LogP contribution < -0.4 is 4.74 Å². The zero-order valence-electron chi connectivity index (χ0n) is 22.3. The van der Waals surface area contributed by atoms with Gasteiger partial charge in [-0.25, -0.2) is 4.79 Å². The molecule has 1 aliphatic heterocycles. The Hall–Kier alpha value is -2.57. The minimum atomic E-state index is -0.186. The number of carbonyl (C=O) groups is 1. The number of rotatable bonds is 8. The van der Waals surface area contributed by atoms with Gasteiger partial charge in [-0.05, 0) is 82.3 Å². The minimum Gasteiger partial charge on any atom is -0.497 e. The van der Waals surface area contributed by atoms with Crippen LogP contribution in [0.2, 0.25) is 0 Å². The highest BCUT2D eigenvalue weighted by Crippen LogP contribution is 2.50. The zero-order valence-corrected chi connectivity index (χ0v) is 22.3. The average molecular weight is 492 g/mol. The number of amides is 2. The summed E-state index contributed by atoms with van der Waals surface area (Å²) in [7, 11) is 7.90. The number of carbonyl (C=O) groups excluding carboxylic acids is 1. The van der Waals surface area contributed by atoms with Crippen molar-refractivity contribution in [1.82, 2.24) is 14.7 Å². The number of ether oxygens (including phenoxy) is 2. The lowest BCUT2D eigenvalue weighted by Crippen LogP contribution is -2.60. The normalized spacial score (nSPS) is 27.5. The van der Waals surface area contributed by atoms with E-state index >= 15 is 0 Å². The van der Waals surface area contributed by atoms with Gasteiger partial charge in [-0.2, -0.15) is 0 Å². The maximum Gasteiger partial charge on any atom is 0.321 e. The van der Waals surface area contributed by atoms with Crippen LogP contribution in [-0.2, 0) is 16.8 Å². The summed E-state index contributed by atoms with van der Waals surface area (Å²) >= 11 is 0. The molecule has 0 bridgehead atoms.